The van der Waals surface area contributed by atoms with E-state index in [0.717, 1.165) is 30.8 Å². The molecule has 1 aliphatic heterocycles. The Balaban J connectivity index is 2.40. The highest BCUT2D eigenvalue weighted by atomic mass is 16.2. The van der Waals surface area contributed by atoms with E-state index in [9.17, 15) is 4.79 Å². The molecule has 1 heterocycles. The standard InChI is InChI=1S/C15H23N3O/c1-15(2)8-5-9-18(15)13-10-11(6-7-12(13)16)14(19)17(3)4/h6-7,10H,5,8-9,16H2,1-4H3. The quantitative estimate of drug-likeness (QED) is 0.831. The molecule has 1 aromatic carbocycles. The highest BCUT2D eigenvalue weighted by molar-refractivity contribution is 5.96. The zero-order valence-electron chi connectivity index (χ0n) is 12.2. The number of rotatable bonds is 2. The van der Waals surface area contributed by atoms with Crippen LogP contribution in [0.3, 0.4) is 0 Å². The molecule has 4 nitrogen and oxygen atoms in total. The van der Waals surface area contributed by atoms with Crippen LogP contribution in [0.2, 0.25) is 0 Å². The number of hydrogen-bond donors (Lipinski definition) is 1. The van der Waals surface area contributed by atoms with Crippen molar-refractivity contribution in [1.82, 2.24) is 4.90 Å². The Morgan fingerprint density at radius 2 is 2.05 bits per heavy atom. The number of carbonyl (C=O) groups is 1. The molecule has 4 heteroatoms. The first kappa shape index (κ1) is 13.7. The summed E-state index contributed by atoms with van der Waals surface area (Å²) in [7, 11) is 3.52. The van der Waals surface area contributed by atoms with Gasteiger partial charge in [0.15, 0.2) is 0 Å². The van der Waals surface area contributed by atoms with Gasteiger partial charge in [0, 0.05) is 31.7 Å². The van der Waals surface area contributed by atoms with E-state index >= 15 is 0 Å². The number of nitrogens with zero attached hydrogens (tertiary/aromatic N) is 2. The third-order valence-corrected chi connectivity index (χ3v) is 3.88. The lowest BCUT2D eigenvalue weighted by Gasteiger charge is -2.34. The van der Waals surface area contributed by atoms with Crippen molar-refractivity contribution in [3.63, 3.8) is 0 Å². The lowest BCUT2D eigenvalue weighted by molar-refractivity contribution is 0.0827. The van der Waals surface area contributed by atoms with Crippen molar-refractivity contribution in [1.29, 1.82) is 0 Å². The van der Waals surface area contributed by atoms with E-state index in [1.54, 1.807) is 25.1 Å². The molecule has 104 valence electrons. The van der Waals surface area contributed by atoms with E-state index in [1.165, 1.54) is 0 Å². The summed E-state index contributed by atoms with van der Waals surface area (Å²) in [6.45, 7) is 5.44. The van der Waals surface area contributed by atoms with Gasteiger partial charge in [-0.2, -0.15) is 0 Å². The summed E-state index contributed by atoms with van der Waals surface area (Å²) >= 11 is 0. The molecule has 0 aromatic heterocycles. The minimum absolute atomic E-state index is 0.0123. The average Bonchev–Trinajstić information content (AvgIpc) is 2.68. The minimum atomic E-state index is 0.0123. The molecule has 1 aromatic rings. The lowest BCUT2D eigenvalue weighted by atomic mass is 10.0. The van der Waals surface area contributed by atoms with Crippen LogP contribution in [-0.4, -0.2) is 37.0 Å². The molecule has 0 unspecified atom stereocenters. The van der Waals surface area contributed by atoms with Crippen LogP contribution < -0.4 is 10.6 Å². The summed E-state index contributed by atoms with van der Waals surface area (Å²) in [5, 5.41) is 0. The molecule has 1 amide bonds. The highest BCUT2D eigenvalue weighted by Gasteiger charge is 2.33. The van der Waals surface area contributed by atoms with E-state index in [1.807, 2.05) is 12.1 Å². The SMILES string of the molecule is CN(C)C(=O)c1ccc(N)c(N2CCCC2(C)C)c1. The van der Waals surface area contributed by atoms with Gasteiger partial charge in [-0.15, -0.1) is 0 Å². The predicted molar refractivity (Wildman–Crippen MR) is 79.5 cm³/mol. The summed E-state index contributed by atoms with van der Waals surface area (Å²) in [4.78, 5) is 16.0. The van der Waals surface area contributed by atoms with Gasteiger partial charge in [0.25, 0.3) is 5.91 Å². The average molecular weight is 261 g/mol. The van der Waals surface area contributed by atoms with Gasteiger partial charge in [-0.05, 0) is 44.9 Å². The molecule has 0 spiro atoms. The lowest BCUT2D eigenvalue weighted by Crippen LogP contribution is -2.38. The summed E-state index contributed by atoms with van der Waals surface area (Å²) in [6.07, 6.45) is 2.32. The summed E-state index contributed by atoms with van der Waals surface area (Å²) < 4.78 is 0. The van der Waals surface area contributed by atoms with Crippen molar-refractivity contribution in [2.45, 2.75) is 32.2 Å². The minimum Gasteiger partial charge on any atom is -0.397 e. The number of nitrogen functional groups attached to an aromatic ring is 1. The Labute approximate surface area is 115 Å². The van der Waals surface area contributed by atoms with E-state index < -0.39 is 0 Å². The van der Waals surface area contributed by atoms with Crippen LogP contribution in [-0.2, 0) is 0 Å². The fourth-order valence-corrected chi connectivity index (χ4v) is 2.72. The smallest absolute Gasteiger partial charge is 0.253 e. The van der Waals surface area contributed by atoms with Crippen molar-refractivity contribution in [3.8, 4) is 0 Å². The van der Waals surface area contributed by atoms with Crippen LogP contribution in [0.25, 0.3) is 0 Å². The molecule has 19 heavy (non-hydrogen) atoms. The maximum atomic E-state index is 12.1. The Kier molecular flexibility index (Phi) is 3.43. The van der Waals surface area contributed by atoms with Crippen molar-refractivity contribution < 1.29 is 4.79 Å². The number of nitrogens with two attached hydrogens (primary N) is 1. The van der Waals surface area contributed by atoms with Gasteiger partial charge < -0.3 is 15.5 Å². The van der Waals surface area contributed by atoms with Gasteiger partial charge in [0.1, 0.15) is 0 Å². The molecule has 0 saturated carbocycles. The maximum absolute atomic E-state index is 12.1. The molecular weight excluding hydrogens is 238 g/mol. The molecule has 1 saturated heterocycles. The molecule has 0 radical (unpaired) electrons. The second-order valence-electron chi connectivity index (χ2n) is 6.04. The summed E-state index contributed by atoms with van der Waals surface area (Å²) in [5.74, 6) is 0.0123. The number of amides is 1. The number of anilines is 2. The Hall–Kier alpha value is -1.71. The van der Waals surface area contributed by atoms with Crippen LogP contribution in [0.5, 0.6) is 0 Å². The molecule has 0 bridgehead atoms. The first-order valence-electron chi connectivity index (χ1n) is 6.72. The first-order valence-corrected chi connectivity index (χ1v) is 6.72. The van der Waals surface area contributed by atoms with E-state index in [2.05, 4.69) is 18.7 Å². The fourth-order valence-electron chi connectivity index (χ4n) is 2.72. The van der Waals surface area contributed by atoms with Gasteiger partial charge in [0.05, 0.1) is 11.4 Å². The van der Waals surface area contributed by atoms with E-state index in [0.29, 0.717) is 5.56 Å². The molecule has 1 aliphatic rings. The number of hydrogen-bond acceptors (Lipinski definition) is 3. The van der Waals surface area contributed by atoms with Gasteiger partial charge in [-0.25, -0.2) is 0 Å². The van der Waals surface area contributed by atoms with Crippen LogP contribution in [0.4, 0.5) is 11.4 Å². The zero-order valence-corrected chi connectivity index (χ0v) is 12.2. The molecule has 2 N–H and O–H groups in total. The highest BCUT2D eigenvalue weighted by Crippen LogP contribution is 2.37. The normalized spacial score (nSPS) is 17.6. The second-order valence-corrected chi connectivity index (χ2v) is 6.04. The van der Waals surface area contributed by atoms with Crippen molar-refractivity contribution >= 4 is 17.3 Å². The predicted octanol–water partition coefficient (Wildman–Crippen LogP) is 2.35. The largest absolute Gasteiger partial charge is 0.397 e. The molecule has 0 atom stereocenters. The Bertz CT molecular complexity index is 494. The number of benzene rings is 1. The van der Waals surface area contributed by atoms with E-state index in [4.69, 9.17) is 5.73 Å². The molecule has 1 fully saturated rings. The number of carbonyl (C=O) groups excluding carboxylic acids is 1. The molecular formula is C15H23N3O. The Morgan fingerprint density at radius 3 is 2.58 bits per heavy atom. The Morgan fingerprint density at radius 1 is 1.37 bits per heavy atom. The van der Waals surface area contributed by atoms with Gasteiger partial charge in [-0.1, -0.05) is 0 Å². The molecule has 0 aliphatic carbocycles. The van der Waals surface area contributed by atoms with Crippen molar-refractivity contribution in [3.05, 3.63) is 23.8 Å². The second kappa shape index (κ2) is 4.76. The summed E-state index contributed by atoms with van der Waals surface area (Å²) in [5.41, 5.74) is 8.62. The molecule has 2 rings (SSSR count). The third kappa shape index (κ3) is 2.53. The van der Waals surface area contributed by atoms with Gasteiger partial charge in [-0.3, -0.25) is 4.79 Å². The van der Waals surface area contributed by atoms with Crippen molar-refractivity contribution in [2.75, 3.05) is 31.3 Å². The first-order chi connectivity index (χ1) is 8.83. The third-order valence-electron chi connectivity index (χ3n) is 3.88. The van der Waals surface area contributed by atoms with Crippen LogP contribution in [0, 0.1) is 0 Å². The van der Waals surface area contributed by atoms with E-state index in [-0.39, 0.29) is 11.4 Å². The van der Waals surface area contributed by atoms with Gasteiger partial charge >= 0.3 is 0 Å². The van der Waals surface area contributed by atoms with Crippen LogP contribution in [0.15, 0.2) is 18.2 Å². The van der Waals surface area contributed by atoms with Gasteiger partial charge in [0.2, 0.25) is 0 Å². The monoisotopic (exact) mass is 261 g/mol. The topological polar surface area (TPSA) is 49.6 Å². The van der Waals surface area contributed by atoms with Crippen molar-refractivity contribution in [2.24, 2.45) is 0 Å². The maximum Gasteiger partial charge on any atom is 0.253 e. The fraction of sp³-hybridized carbons (Fsp3) is 0.533. The van der Waals surface area contributed by atoms with Crippen LogP contribution >= 0.6 is 0 Å². The summed E-state index contributed by atoms with van der Waals surface area (Å²) in [6, 6.07) is 5.55. The zero-order chi connectivity index (χ0) is 14.2. The van der Waals surface area contributed by atoms with Crippen LogP contribution in [0.1, 0.15) is 37.0 Å².